The molecule has 0 heterocycles. The van der Waals surface area contributed by atoms with Crippen LogP contribution in [0.5, 0.6) is 0 Å². The average Bonchev–Trinajstić information content (AvgIpc) is 2.85. The minimum Gasteiger partial charge on any atom is -0.481 e. The van der Waals surface area contributed by atoms with Crippen LogP contribution in [0.25, 0.3) is 0 Å². The molecule has 0 spiro atoms. The zero-order valence-corrected chi connectivity index (χ0v) is 33.5. The predicted octanol–water partition coefficient (Wildman–Crippen LogP) is 10.2. The third-order valence-electron chi connectivity index (χ3n) is 11.6. The molecule has 0 radical (unpaired) electrons. The van der Waals surface area contributed by atoms with Gasteiger partial charge in [0.25, 0.3) is 0 Å². The first-order chi connectivity index (χ1) is 20.3. The number of hydrogen-bond acceptors (Lipinski definition) is 5. The summed E-state index contributed by atoms with van der Waals surface area (Å²) in [5, 5.41) is 9.90. The maximum Gasteiger partial charge on any atom is 0.311 e. The molecule has 2 aliphatic rings. The normalized spacial score (nSPS) is 26.1. The van der Waals surface area contributed by atoms with Crippen molar-refractivity contribution in [3.63, 3.8) is 0 Å². The second-order valence-corrected chi connectivity index (χ2v) is 27.4. The molecule has 0 bridgehead atoms. The fourth-order valence-electron chi connectivity index (χ4n) is 6.11. The summed E-state index contributed by atoms with van der Waals surface area (Å²) < 4.78 is 20.3. The maximum absolute atomic E-state index is 13.3. The molecule has 0 saturated carbocycles. The molecule has 45 heavy (non-hydrogen) atoms. The van der Waals surface area contributed by atoms with Crippen LogP contribution >= 0.6 is 0 Å². The molecular weight excluding hydrogens is 597 g/mol. The van der Waals surface area contributed by atoms with Gasteiger partial charge in [0.05, 0.1) is 17.9 Å². The SMILES string of the molecule is CCC(C)(C)C(=O)O[C@H]1C[C@@H](C)C=C2C=C[C@H](C)[C@H](CC[C@H](C[C@H](CC(=O)O)O[Si](C)(C)C(C)(C)C)O[Si](C)(C)C(C)(C)C)[C@H]21. The number of aliphatic carboxylic acids is 1. The minimum absolute atomic E-state index is 0.0227. The van der Waals surface area contributed by atoms with Gasteiger partial charge in [0.1, 0.15) is 6.10 Å². The summed E-state index contributed by atoms with van der Waals surface area (Å²) in [5.74, 6) is 0.166. The van der Waals surface area contributed by atoms with E-state index in [2.05, 4.69) is 99.8 Å². The highest BCUT2D eigenvalue weighted by atomic mass is 28.4. The summed E-state index contributed by atoms with van der Waals surface area (Å²) in [6.07, 6.45) is 10.1. The molecule has 260 valence electrons. The fourth-order valence-corrected chi connectivity index (χ4v) is 8.88. The Morgan fingerprint density at radius 2 is 1.47 bits per heavy atom. The van der Waals surface area contributed by atoms with Gasteiger partial charge in [-0.05, 0) is 106 Å². The summed E-state index contributed by atoms with van der Waals surface area (Å²) in [7, 11) is -4.37. The number of carbonyl (C=O) groups is 2. The number of carboxylic acid groups (broad SMARTS) is 1. The molecule has 8 heteroatoms. The smallest absolute Gasteiger partial charge is 0.311 e. The van der Waals surface area contributed by atoms with Crippen LogP contribution in [0.4, 0.5) is 0 Å². The van der Waals surface area contributed by atoms with E-state index < -0.39 is 34.1 Å². The van der Waals surface area contributed by atoms with Crippen LogP contribution in [0.3, 0.4) is 0 Å². The summed E-state index contributed by atoms with van der Waals surface area (Å²) in [4.78, 5) is 25.4. The van der Waals surface area contributed by atoms with E-state index in [1.54, 1.807) is 0 Å². The van der Waals surface area contributed by atoms with Crippen molar-refractivity contribution >= 4 is 28.6 Å². The fraction of sp³-hybridized carbons (Fsp3) is 0.838. The third kappa shape index (κ3) is 10.6. The number of esters is 1. The van der Waals surface area contributed by atoms with Crippen LogP contribution in [0, 0.1) is 29.1 Å². The number of fused-ring (bicyclic) bond motifs is 1. The van der Waals surface area contributed by atoms with Crippen LogP contribution in [-0.2, 0) is 23.2 Å². The number of ether oxygens (including phenoxy) is 1. The number of hydrogen-bond donors (Lipinski definition) is 1. The van der Waals surface area contributed by atoms with E-state index in [9.17, 15) is 14.7 Å². The molecule has 7 atom stereocenters. The molecular formula is C37H68O6Si2. The lowest BCUT2D eigenvalue weighted by Gasteiger charge is -2.45. The van der Waals surface area contributed by atoms with Crippen molar-refractivity contribution in [2.24, 2.45) is 29.1 Å². The Balaban J connectivity index is 2.43. The monoisotopic (exact) mass is 664 g/mol. The first-order valence-electron chi connectivity index (χ1n) is 17.5. The van der Waals surface area contributed by atoms with E-state index in [1.165, 1.54) is 5.57 Å². The van der Waals surface area contributed by atoms with Gasteiger partial charge in [0, 0.05) is 12.0 Å². The number of rotatable bonds is 14. The number of carboxylic acids is 1. The Hall–Kier alpha value is -1.23. The Morgan fingerprint density at radius 1 is 0.933 bits per heavy atom. The summed E-state index contributed by atoms with van der Waals surface area (Å²) in [5.41, 5.74) is 0.775. The van der Waals surface area contributed by atoms with Crippen molar-refractivity contribution in [3.05, 3.63) is 23.8 Å². The first-order valence-corrected chi connectivity index (χ1v) is 23.3. The van der Waals surface area contributed by atoms with E-state index in [4.69, 9.17) is 13.6 Å². The lowest BCUT2D eigenvalue weighted by atomic mass is 9.65. The lowest BCUT2D eigenvalue weighted by Crippen LogP contribution is -2.48. The standard InChI is InChI=1S/C37H68O6Si2/c1-16-37(10,11)34(40)41-31-22-25(2)21-27-18-17-26(3)30(33(27)31)20-19-28(42-44(12,13)35(4,5)6)23-29(24-32(38)39)43-45(14,15)36(7,8)9/h17-18,21,25-26,28-31,33H,16,19-20,22-24H2,1-15H3,(H,38,39)/t25-,26-,28+,29+,30-,31-,33-/m0/s1. The largest absolute Gasteiger partial charge is 0.481 e. The van der Waals surface area contributed by atoms with Crippen molar-refractivity contribution in [1.29, 1.82) is 0 Å². The van der Waals surface area contributed by atoms with Gasteiger partial charge in [-0.15, -0.1) is 0 Å². The molecule has 0 aliphatic heterocycles. The molecule has 6 nitrogen and oxygen atoms in total. The van der Waals surface area contributed by atoms with Crippen LogP contribution in [0.2, 0.25) is 36.3 Å². The highest BCUT2D eigenvalue weighted by Crippen LogP contribution is 2.47. The van der Waals surface area contributed by atoms with E-state index in [0.717, 1.165) is 25.7 Å². The third-order valence-corrected chi connectivity index (χ3v) is 20.6. The van der Waals surface area contributed by atoms with Gasteiger partial charge in [-0.2, -0.15) is 0 Å². The Labute approximate surface area is 278 Å². The highest BCUT2D eigenvalue weighted by Gasteiger charge is 2.45. The van der Waals surface area contributed by atoms with E-state index >= 15 is 0 Å². The zero-order valence-electron chi connectivity index (χ0n) is 31.5. The molecule has 0 aromatic rings. The Kier molecular flexibility index (Phi) is 13.2. The summed E-state index contributed by atoms with van der Waals surface area (Å²) >= 11 is 0. The van der Waals surface area contributed by atoms with Crippen molar-refractivity contribution in [3.8, 4) is 0 Å². The molecule has 0 saturated heterocycles. The first kappa shape index (κ1) is 40.0. The van der Waals surface area contributed by atoms with Gasteiger partial charge in [0.15, 0.2) is 16.6 Å². The summed E-state index contributed by atoms with van der Waals surface area (Å²) in [6, 6.07) is 0. The Morgan fingerprint density at radius 3 is 1.96 bits per heavy atom. The molecule has 0 amide bonds. The topological polar surface area (TPSA) is 82.1 Å². The van der Waals surface area contributed by atoms with Gasteiger partial charge in [-0.25, -0.2) is 0 Å². The quantitative estimate of drug-likeness (QED) is 0.147. The van der Waals surface area contributed by atoms with Crippen molar-refractivity contribution in [2.75, 3.05) is 0 Å². The van der Waals surface area contributed by atoms with E-state index in [-0.39, 0.29) is 40.6 Å². The second kappa shape index (κ2) is 14.9. The van der Waals surface area contributed by atoms with Gasteiger partial charge in [0.2, 0.25) is 0 Å². The van der Waals surface area contributed by atoms with E-state index in [1.807, 2.05) is 20.8 Å². The molecule has 2 rings (SSSR count). The number of allylic oxidation sites excluding steroid dienone is 3. The second-order valence-electron chi connectivity index (χ2n) is 17.9. The minimum atomic E-state index is -2.21. The molecule has 1 N–H and O–H groups in total. The lowest BCUT2D eigenvalue weighted by molar-refractivity contribution is -0.164. The zero-order chi connectivity index (χ0) is 34.8. The highest BCUT2D eigenvalue weighted by molar-refractivity contribution is 6.74. The van der Waals surface area contributed by atoms with E-state index in [0.29, 0.717) is 24.2 Å². The van der Waals surface area contributed by atoms with Gasteiger partial charge in [-0.3, -0.25) is 9.59 Å². The van der Waals surface area contributed by atoms with Crippen LogP contribution in [-0.4, -0.2) is 52.0 Å². The van der Waals surface area contributed by atoms with Crippen LogP contribution < -0.4 is 0 Å². The average molecular weight is 665 g/mol. The van der Waals surface area contributed by atoms with Gasteiger partial charge in [-0.1, -0.05) is 80.5 Å². The molecule has 0 aromatic heterocycles. The van der Waals surface area contributed by atoms with Gasteiger partial charge >= 0.3 is 11.9 Å². The summed E-state index contributed by atoms with van der Waals surface area (Å²) in [6.45, 7) is 32.8. The predicted molar refractivity (Wildman–Crippen MR) is 191 cm³/mol. The van der Waals surface area contributed by atoms with Gasteiger partial charge < -0.3 is 18.7 Å². The molecule has 2 aliphatic carbocycles. The molecule has 0 fully saturated rings. The van der Waals surface area contributed by atoms with Crippen molar-refractivity contribution < 1.29 is 28.3 Å². The maximum atomic E-state index is 13.3. The number of carbonyl (C=O) groups excluding carboxylic acids is 1. The van der Waals surface area contributed by atoms with Crippen molar-refractivity contribution in [2.45, 2.75) is 169 Å². The molecule has 0 aromatic carbocycles. The Bertz CT molecular complexity index is 1080. The van der Waals surface area contributed by atoms with Crippen molar-refractivity contribution in [1.82, 2.24) is 0 Å². The van der Waals surface area contributed by atoms with Crippen LogP contribution in [0.1, 0.15) is 115 Å². The van der Waals surface area contributed by atoms with Crippen LogP contribution in [0.15, 0.2) is 23.8 Å². The molecule has 0 unspecified atom stereocenters.